The summed E-state index contributed by atoms with van der Waals surface area (Å²) in [5.74, 6) is 0.311. The highest BCUT2D eigenvalue weighted by Crippen LogP contribution is 2.26. The van der Waals surface area contributed by atoms with E-state index in [1.807, 2.05) is 0 Å². The standard InChI is InChI=1S/C10H9NO4S2/c1-15-6-2-4-7(5-3-6)17(14)9-8(12)11-10(13)16-9/h2-5,12H,1H3,(H,11,13). The number of methoxy groups -OCH3 is 1. The molecule has 0 aliphatic heterocycles. The second-order valence-corrected chi connectivity index (χ2v) is 5.75. The van der Waals surface area contributed by atoms with E-state index in [1.54, 1.807) is 24.3 Å². The van der Waals surface area contributed by atoms with Crippen molar-refractivity contribution in [1.29, 1.82) is 0 Å². The Kier molecular flexibility index (Phi) is 3.30. The van der Waals surface area contributed by atoms with Crippen molar-refractivity contribution in [3.63, 3.8) is 0 Å². The molecule has 2 rings (SSSR count). The SMILES string of the molecule is COc1ccc(S(=O)c2sc(=O)[nH]c2O)cc1. The van der Waals surface area contributed by atoms with Crippen LogP contribution in [0.1, 0.15) is 0 Å². The summed E-state index contributed by atoms with van der Waals surface area (Å²) in [6.45, 7) is 0. The number of rotatable bonds is 3. The Morgan fingerprint density at radius 2 is 2.00 bits per heavy atom. The summed E-state index contributed by atoms with van der Waals surface area (Å²) in [7, 11) is -0.0286. The van der Waals surface area contributed by atoms with Crippen LogP contribution in [0.25, 0.3) is 0 Å². The van der Waals surface area contributed by atoms with Gasteiger partial charge in [-0.3, -0.25) is 9.78 Å². The van der Waals surface area contributed by atoms with Gasteiger partial charge in [0.2, 0.25) is 5.88 Å². The highest BCUT2D eigenvalue weighted by molar-refractivity contribution is 7.87. The van der Waals surface area contributed by atoms with Crippen molar-refractivity contribution in [3.05, 3.63) is 33.9 Å². The number of nitrogens with one attached hydrogen (secondary N) is 1. The van der Waals surface area contributed by atoms with Crippen LogP contribution in [0.3, 0.4) is 0 Å². The molecule has 0 aliphatic carbocycles. The Morgan fingerprint density at radius 3 is 2.47 bits per heavy atom. The Bertz CT molecular complexity index is 600. The zero-order valence-corrected chi connectivity index (χ0v) is 10.4. The van der Waals surface area contributed by atoms with E-state index < -0.39 is 15.7 Å². The van der Waals surface area contributed by atoms with Gasteiger partial charge >= 0.3 is 4.87 Å². The molecule has 0 spiro atoms. The number of hydrogen-bond donors (Lipinski definition) is 2. The molecule has 0 aliphatic rings. The monoisotopic (exact) mass is 271 g/mol. The maximum Gasteiger partial charge on any atom is 0.308 e. The first kappa shape index (κ1) is 11.9. The van der Waals surface area contributed by atoms with Crippen LogP contribution in [-0.2, 0) is 10.8 Å². The van der Waals surface area contributed by atoms with Gasteiger partial charge in [-0.25, -0.2) is 4.21 Å². The minimum atomic E-state index is -1.57. The average Bonchev–Trinajstić information content (AvgIpc) is 2.68. The largest absolute Gasteiger partial charge is 0.497 e. The highest BCUT2D eigenvalue weighted by Gasteiger charge is 2.16. The molecule has 0 radical (unpaired) electrons. The number of ether oxygens (including phenoxy) is 1. The summed E-state index contributed by atoms with van der Waals surface area (Å²) >= 11 is 0.735. The predicted octanol–water partition coefficient (Wildman–Crippen LogP) is 1.32. The van der Waals surface area contributed by atoms with Gasteiger partial charge in [0.15, 0.2) is 4.21 Å². The van der Waals surface area contributed by atoms with Crippen molar-refractivity contribution in [3.8, 4) is 11.6 Å². The molecule has 0 saturated heterocycles. The summed E-state index contributed by atoms with van der Waals surface area (Å²) in [5.41, 5.74) is 0. The molecule has 0 fully saturated rings. The highest BCUT2D eigenvalue weighted by atomic mass is 32.2. The molecule has 0 amide bonds. The Morgan fingerprint density at radius 1 is 1.35 bits per heavy atom. The number of aromatic hydroxyl groups is 1. The lowest BCUT2D eigenvalue weighted by Gasteiger charge is -2.02. The summed E-state index contributed by atoms with van der Waals surface area (Å²) in [5, 5.41) is 9.40. The normalized spacial score (nSPS) is 12.3. The van der Waals surface area contributed by atoms with E-state index in [0.29, 0.717) is 10.6 Å². The second-order valence-electron chi connectivity index (χ2n) is 3.09. The molecule has 5 nitrogen and oxygen atoms in total. The van der Waals surface area contributed by atoms with Crippen LogP contribution >= 0.6 is 11.3 Å². The average molecular weight is 271 g/mol. The number of aromatic amines is 1. The van der Waals surface area contributed by atoms with E-state index in [4.69, 9.17) is 4.74 Å². The lowest BCUT2D eigenvalue weighted by Crippen LogP contribution is -1.91. The first-order chi connectivity index (χ1) is 8.11. The van der Waals surface area contributed by atoms with Crippen LogP contribution in [0.15, 0.2) is 38.2 Å². The maximum absolute atomic E-state index is 12.0. The Labute approximate surface area is 103 Å². The van der Waals surface area contributed by atoms with Crippen LogP contribution < -0.4 is 9.61 Å². The van der Waals surface area contributed by atoms with Crippen molar-refractivity contribution in [2.75, 3.05) is 7.11 Å². The van der Waals surface area contributed by atoms with Crippen LogP contribution in [0.2, 0.25) is 0 Å². The summed E-state index contributed by atoms with van der Waals surface area (Å²) < 4.78 is 17.1. The number of thiazole rings is 1. The first-order valence-electron chi connectivity index (χ1n) is 4.59. The summed E-state index contributed by atoms with van der Waals surface area (Å²) in [4.78, 5) is 13.2. The number of aromatic nitrogens is 1. The molecular weight excluding hydrogens is 262 g/mol. The molecule has 1 heterocycles. The van der Waals surface area contributed by atoms with Crippen molar-refractivity contribution < 1.29 is 14.1 Å². The summed E-state index contributed by atoms with van der Waals surface area (Å²) in [6, 6.07) is 6.58. The molecule has 1 aromatic carbocycles. The lowest BCUT2D eigenvalue weighted by molar-refractivity contribution is 0.414. The van der Waals surface area contributed by atoms with E-state index in [2.05, 4.69) is 4.98 Å². The van der Waals surface area contributed by atoms with E-state index >= 15 is 0 Å². The molecule has 2 N–H and O–H groups in total. The summed E-state index contributed by atoms with van der Waals surface area (Å²) in [6.07, 6.45) is 0. The predicted molar refractivity (Wildman–Crippen MR) is 64.3 cm³/mol. The molecule has 2 aromatic rings. The van der Waals surface area contributed by atoms with Crippen molar-refractivity contribution in [2.24, 2.45) is 0 Å². The zero-order valence-electron chi connectivity index (χ0n) is 8.80. The fourth-order valence-corrected chi connectivity index (χ4v) is 3.34. The van der Waals surface area contributed by atoms with Crippen molar-refractivity contribution in [1.82, 2.24) is 4.98 Å². The van der Waals surface area contributed by atoms with Gasteiger partial charge in [0.25, 0.3) is 0 Å². The number of hydrogen-bond acceptors (Lipinski definition) is 5. The van der Waals surface area contributed by atoms with E-state index in [-0.39, 0.29) is 10.1 Å². The van der Waals surface area contributed by atoms with Crippen LogP contribution in [0, 0.1) is 0 Å². The van der Waals surface area contributed by atoms with Crippen molar-refractivity contribution >= 4 is 22.1 Å². The fraction of sp³-hybridized carbons (Fsp3) is 0.100. The third-order valence-corrected chi connectivity index (χ3v) is 4.64. The smallest absolute Gasteiger partial charge is 0.308 e. The minimum Gasteiger partial charge on any atom is -0.497 e. The molecule has 1 atom stereocenters. The quantitative estimate of drug-likeness (QED) is 0.882. The van der Waals surface area contributed by atoms with E-state index in [0.717, 1.165) is 11.3 Å². The lowest BCUT2D eigenvalue weighted by atomic mass is 10.3. The van der Waals surface area contributed by atoms with Gasteiger partial charge in [-0.1, -0.05) is 11.3 Å². The number of H-pyrrole nitrogens is 1. The van der Waals surface area contributed by atoms with Gasteiger partial charge in [0.05, 0.1) is 7.11 Å². The van der Waals surface area contributed by atoms with Gasteiger partial charge in [0, 0.05) is 4.90 Å². The van der Waals surface area contributed by atoms with Crippen LogP contribution in [0.5, 0.6) is 11.6 Å². The molecule has 1 aromatic heterocycles. The molecular formula is C10H9NO4S2. The molecule has 17 heavy (non-hydrogen) atoms. The Hall–Kier alpha value is -1.60. The topological polar surface area (TPSA) is 79.4 Å². The fourth-order valence-electron chi connectivity index (χ4n) is 1.24. The Balaban J connectivity index is 2.36. The molecule has 0 saturated carbocycles. The maximum atomic E-state index is 12.0. The molecule has 1 unspecified atom stereocenters. The molecule has 0 bridgehead atoms. The second kappa shape index (κ2) is 4.72. The molecule has 90 valence electrons. The van der Waals surface area contributed by atoms with Gasteiger partial charge in [-0.2, -0.15) is 0 Å². The van der Waals surface area contributed by atoms with Crippen LogP contribution in [0.4, 0.5) is 0 Å². The van der Waals surface area contributed by atoms with Gasteiger partial charge in [-0.05, 0) is 24.3 Å². The van der Waals surface area contributed by atoms with Gasteiger partial charge < -0.3 is 9.84 Å². The third kappa shape index (κ3) is 2.40. The number of benzene rings is 1. The van der Waals surface area contributed by atoms with Gasteiger partial charge in [-0.15, -0.1) is 0 Å². The van der Waals surface area contributed by atoms with E-state index in [9.17, 15) is 14.1 Å². The van der Waals surface area contributed by atoms with Gasteiger partial charge in [0.1, 0.15) is 16.5 Å². The third-order valence-electron chi connectivity index (χ3n) is 2.04. The van der Waals surface area contributed by atoms with Crippen LogP contribution in [-0.4, -0.2) is 21.4 Å². The van der Waals surface area contributed by atoms with Crippen molar-refractivity contribution in [2.45, 2.75) is 9.10 Å². The first-order valence-corrected chi connectivity index (χ1v) is 6.56. The molecule has 7 heteroatoms. The van der Waals surface area contributed by atoms with E-state index in [1.165, 1.54) is 7.11 Å². The minimum absolute atomic E-state index is 0.125. The zero-order chi connectivity index (χ0) is 12.4.